The zero-order valence-corrected chi connectivity index (χ0v) is 27.8. The van der Waals surface area contributed by atoms with Crippen molar-refractivity contribution in [3.63, 3.8) is 0 Å². The Hall–Kier alpha value is -0.660. The number of ether oxygens (including phenoxy) is 4. The van der Waals surface area contributed by atoms with Crippen LogP contribution in [0.2, 0.25) is 0 Å². The highest BCUT2D eigenvalue weighted by Gasteiger charge is 2.88. The zero-order chi connectivity index (χ0) is 32.5. The first-order valence-corrected chi connectivity index (χ1v) is 17.3. The SMILES string of the molecule is C[C@@H]1C[C@H]2O[C@]3(O[C@@H]2C(C)(C)O)[C@@H]1[C@@]1(C)[C@@H](O)C[C@@]24C[C@@]25CC[C@H](O[C@@H]2OC[C@H](O)[C@H](O)[C@H]2O)C(C)(C)[C@@H]5CC=C4[C@]1(C)[C@H]3O. The molecule has 8 rings (SSSR count). The quantitative estimate of drug-likeness (QED) is 0.254. The molecule has 3 saturated heterocycles. The number of hydrogen-bond acceptors (Lipinski definition) is 10. The Bertz CT molecular complexity index is 1300. The second-order valence-electron chi connectivity index (χ2n) is 17.9. The van der Waals surface area contributed by atoms with Gasteiger partial charge in [0.15, 0.2) is 12.1 Å². The number of fused-ring (bicyclic) bond motifs is 4. The Labute approximate surface area is 266 Å². The van der Waals surface area contributed by atoms with Gasteiger partial charge in [-0.05, 0) is 75.0 Å². The van der Waals surface area contributed by atoms with Gasteiger partial charge in [0.1, 0.15) is 30.5 Å². The lowest BCUT2D eigenvalue weighted by molar-refractivity contribution is -0.301. The molecule has 5 aliphatic carbocycles. The van der Waals surface area contributed by atoms with Crippen molar-refractivity contribution in [2.45, 2.75) is 154 Å². The molecule has 4 saturated carbocycles. The number of allylic oxidation sites excluding steroid dienone is 1. The number of aliphatic hydroxyl groups excluding tert-OH is 5. The van der Waals surface area contributed by atoms with E-state index in [9.17, 15) is 30.6 Å². The van der Waals surface area contributed by atoms with Crippen LogP contribution in [0.5, 0.6) is 0 Å². The second-order valence-corrected chi connectivity index (χ2v) is 17.9. The van der Waals surface area contributed by atoms with Gasteiger partial charge >= 0.3 is 0 Å². The minimum Gasteiger partial charge on any atom is -0.392 e. The summed E-state index contributed by atoms with van der Waals surface area (Å²) in [6.45, 7) is 14.3. The van der Waals surface area contributed by atoms with E-state index < -0.39 is 65.1 Å². The molecule has 0 radical (unpaired) electrons. The van der Waals surface area contributed by atoms with Crippen LogP contribution in [0.25, 0.3) is 0 Å². The smallest absolute Gasteiger partial charge is 0.200 e. The van der Waals surface area contributed by atoms with Crippen molar-refractivity contribution in [3.05, 3.63) is 11.6 Å². The molecular formula is C35H54O10. The number of aliphatic hydroxyl groups is 6. The van der Waals surface area contributed by atoms with E-state index in [1.54, 1.807) is 13.8 Å². The molecule has 0 aromatic heterocycles. The third-order valence-corrected chi connectivity index (χ3v) is 15.3. The van der Waals surface area contributed by atoms with Gasteiger partial charge in [-0.1, -0.05) is 46.3 Å². The Kier molecular flexibility index (Phi) is 6.40. The lowest BCUT2D eigenvalue weighted by atomic mass is 9.44. The predicted octanol–water partition coefficient (Wildman–Crippen LogP) is 2.01. The molecule has 7 fully saturated rings. The molecule has 10 heteroatoms. The van der Waals surface area contributed by atoms with Gasteiger partial charge in [-0.25, -0.2) is 0 Å². The minimum absolute atomic E-state index is 0.0557. The van der Waals surface area contributed by atoms with Gasteiger partial charge in [0.25, 0.3) is 0 Å². The highest BCUT2D eigenvalue weighted by molar-refractivity contribution is 5.49. The largest absolute Gasteiger partial charge is 0.392 e. The van der Waals surface area contributed by atoms with Crippen molar-refractivity contribution in [3.8, 4) is 0 Å². The molecule has 0 aromatic carbocycles. The molecule has 3 spiro atoms. The highest BCUT2D eigenvalue weighted by Crippen LogP contribution is 2.89. The molecule has 3 aliphatic heterocycles. The van der Waals surface area contributed by atoms with E-state index >= 15 is 0 Å². The van der Waals surface area contributed by atoms with Crippen LogP contribution in [-0.4, -0.2) is 104 Å². The van der Waals surface area contributed by atoms with Crippen LogP contribution in [0.4, 0.5) is 0 Å². The van der Waals surface area contributed by atoms with Crippen LogP contribution in [0.3, 0.4) is 0 Å². The standard InChI is InChI=1S/C35H54O10/c1-16-12-18-26(30(4,5)41)45-35(44-18)25(16)32(7)21(37)13-34-15-33(34)11-10-22(43-27-24(39)23(38)17(36)14-42-27)29(2,3)19(33)8-9-20(34)31(32,6)28(35)40/h9,16-19,21-28,36-41H,8,10-15H2,1-7H3/t16-,17+,18-,19+,21+,22+,23+,24-,25+,26+,27+,28-,31-,32-,33-,34+,35+/m1/s1. The van der Waals surface area contributed by atoms with Crippen molar-refractivity contribution in [2.75, 3.05) is 6.61 Å². The summed E-state index contributed by atoms with van der Waals surface area (Å²) in [6.07, 6.45) is -0.571. The molecule has 6 N–H and O–H groups in total. The monoisotopic (exact) mass is 634 g/mol. The normalized spacial score (nSPS) is 61.0. The predicted molar refractivity (Wildman–Crippen MR) is 160 cm³/mol. The lowest BCUT2D eigenvalue weighted by Crippen LogP contribution is -2.61. The third-order valence-electron chi connectivity index (χ3n) is 15.3. The Morgan fingerprint density at radius 1 is 1.00 bits per heavy atom. The topological polar surface area (TPSA) is 158 Å². The van der Waals surface area contributed by atoms with E-state index in [0.29, 0.717) is 12.8 Å². The van der Waals surface area contributed by atoms with E-state index in [2.05, 4.69) is 40.7 Å². The van der Waals surface area contributed by atoms with Crippen molar-refractivity contribution in [1.29, 1.82) is 0 Å². The first-order valence-electron chi connectivity index (χ1n) is 17.3. The van der Waals surface area contributed by atoms with Crippen molar-refractivity contribution in [2.24, 2.45) is 44.8 Å². The summed E-state index contributed by atoms with van der Waals surface area (Å²) in [5.74, 6) is -1.18. The Balaban J connectivity index is 1.15. The van der Waals surface area contributed by atoms with Gasteiger partial charge in [-0.15, -0.1) is 0 Å². The van der Waals surface area contributed by atoms with E-state index in [-0.39, 0.29) is 52.8 Å². The molecule has 10 nitrogen and oxygen atoms in total. The van der Waals surface area contributed by atoms with Gasteiger partial charge in [-0.3, -0.25) is 0 Å². The molecule has 17 atom stereocenters. The summed E-state index contributed by atoms with van der Waals surface area (Å²) < 4.78 is 25.5. The maximum absolute atomic E-state index is 12.6. The van der Waals surface area contributed by atoms with E-state index in [0.717, 1.165) is 25.7 Å². The molecule has 0 amide bonds. The number of hydrogen-bond donors (Lipinski definition) is 6. The summed E-state index contributed by atoms with van der Waals surface area (Å²) in [7, 11) is 0. The fourth-order valence-electron chi connectivity index (χ4n) is 13.2. The maximum Gasteiger partial charge on any atom is 0.200 e. The van der Waals surface area contributed by atoms with Crippen LogP contribution in [0.15, 0.2) is 11.6 Å². The van der Waals surface area contributed by atoms with Crippen LogP contribution >= 0.6 is 0 Å². The average Bonchev–Trinajstić information content (AvgIpc) is 3.44. The highest BCUT2D eigenvalue weighted by atomic mass is 16.8. The van der Waals surface area contributed by atoms with Crippen molar-refractivity contribution >= 4 is 0 Å². The number of rotatable bonds is 3. The van der Waals surface area contributed by atoms with Gasteiger partial charge in [0.2, 0.25) is 0 Å². The Morgan fingerprint density at radius 2 is 1.71 bits per heavy atom. The van der Waals surface area contributed by atoms with E-state index in [4.69, 9.17) is 18.9 Å². The second kappa shape index (κ2) is 9.11. The average molecular weight is 635 g/mol. The third kappa shape index (κ3) is 3.46. The van der Waals surface area contributed by atoms with Gasteiger partial charge in [-0.2, -0.15) is 0 Å². The molecule has 3 heterocycles. The first kappa shape index (κ1) is 31.6. The van der Waals surface area contributed by atoms with Gasteiger partial charge in [0, 0.05) is 22.2 Å². The fourth-order valence-corrected chi connectivity index (χ4v) is 13.2. The summed E-state index contributed by atoms with van der Waals surface area (Å²) in [5, 5.41) is 66.9. The molecule has 2 bridgehead atoms. The van der Waals surface area contributed by atoms with Gasteiger partial charge in [0.05, 0.1) is 30.5 Å². The van der Waals surface area contributed by atoms with Crippen LogP contribution in [0.1, 0.15) is 87.0 Å². The van der Waals surface area contributed by atoms with Crippen molar-refractivity contribution in [1.82, 2.24) is 0 Å². The minimum atomic E-state index is -1.33. The first-order chi connectivity index (χ1) is 20.8. The summed E-state index contributed by atoms with van der Waals surface area (Å²) in [4.78, 5) is 0. The summed E-state index contributed by atoms with van der Waals surface area (Å²) in [6, 6.07) is 0. The molecule has 8 aliphatic rings. The van der Waals surface area contributed by atoms with Crippen molar-refractivity contribution < 1.29 is 49.6 Å². The molecule has 254 valence electrons. The van der Waals surface area contributed by atoms with E-state index in [1.165, 1.54) is 5.57 Å². The van der Waals surface area contributed by atoms with Crippen LogP contribution in [0, 0.1) is 44.8 Å². The molecule has 0 aromatic rings. The fraction of sp³-hybridized carbons (Fsp3) is 0.943. The van der Waals surface area contributed by atoms with E-state index in [1.807, 2.05) is 0 Å². The maximum atomic E-state index is 12.6. The van der Waals surface area contributed by atoms with Crippen LogP contribution < -0.4 is 0 Å². The Morgan fingerprint density at radius 3 is 2.40 bits per heavy atom. The lowest BCUT2D eigenvalue weighted by Gasteiger charge is -2.61. The summed E-state index contributed by atoms with van der Waals surface area (Å²) >= 11 is 0. The van der Waals surface area contributed by atoms with Crippen LogP contribution in [-0.2, 0) is 18.9 Å². The summed E-state index contributed by atoms with van der Waals surface area (Å²) in [5.41, 5.74) is -2.00. The van der Waals surface area contributed by atoms with Gasteiger partial charge < -0.3 is 49.6 Å². The molecule has 45 heavy (non-hydrogen) atoms. The molecule has 0 unspecified atom stereocenters. The zero-order valence-electron chi connectivity index (χ0n) is 27.8. The molecular weight excluding hydrogens is 580 g/mol.